The quantitative estimate of drug-likeness (QED) is 0.420. The molecule has 4 rings (SSSR count). The number of carbonyl (C=O) groups excluding carboxylic acids is 1. The number of esters is 1. The van der Waals surface area contributed by atoms with Crippen molar-refractivity contribution in [3.8, 4) is 0 Å². The molecule has 27 heavy (non-hydrogen) atoms. The Balaban J connectivity index is 1.82. The third kappa shape index (κ3) is 3.47. The van der Waals surface area contributed by atoms with Crippen LogP contribution in [0.15, 0.2) is 78.9 Å². The Morgan fingerprint density at radius 1 is 0.889 bits per heavy atom. The molecule has 1 N–H and O–H groups in total. The molecule has 4 heteroatoms. The fraction of sp³-hybridized carbons (Fsp3) is 0.130. The van der Waals surface area contributed by atoms with Crippen molar-refractivity contribution in [3.63, 3.8) is 0 Å². The molecule has 0 aliphatic carbocycles. The molecule has 0 aliphatic rings. The first-order valence-corrected chi connectivity index (χ1v) is 8.92. The van der Waals surface area contributed by atoms with E-state index in [2.05, 4.69) is 5.32 Å². The number of anilines is 1. The van der Waals surface area contributed by atoms with E-state index in [1.807, 2.05) is 78.9 Å². The molecule has 0 saturated heterocycles. The molecule has 1 atom stereocenters. The molecule has 4 aromatic rings. The van der Waals surface area contributed by atoms with Crippen LogP contribution in [0.4, 0.5) is 5.69 Å². The molecule has 4 nitrogen and oxygen atoms in total. The minimum Gasteiger partial charge on any atom is -0.467 e. The van der Waals surface area contributed by atoms with Crippen molar-refractivity contribution in [1.82, 2.24) is 4.98 Å². The van der Waals surface area contributed by atoms with Gasteiger partial charge in [-0.15, -0.1) is 0 Å². The lowest BCUT2D eigenvalue weighted by Gasteiger charge is -2.20. The zero-order valence-electron chi connectivity index (χ0n) is 15.1. The van der Waals surface area contributed by atoms with Gasteiger partial charge in [0.1, 0.15) is 6.04 Å². The van der Waals surface area contributed by atoms with Crippen LogP contribution >= 0.6 is 0 Å². The number of nitrogens with one attached hydrogen (secondary N) is 1. The van der Waals surface area contributed by atoms with Gasteiger partial charge in [-0.3, -0.25) is 0 Å². The summed E-state index contributed by atoms with van der Waals surface area (Å²) in [6.45, 7) is 0. The summed E-state index contributed by atoms with van der Waals surface area (Å²) >= 11 is 0. The third-order valence-corrected chi connectivity index (χ3v) is 4.67. The van der Waals surface area contributed by atoms with Crippen LogP contribution in [0, 0.1) is 0 Å². The maximum atomic E-state index is 12.5. The van der Waals surface area contributed by atoms with Gasteiger partial charge in [0.05, 0.1) is 23.8 Å². The summed E-state index contributed by atoms with van der Waals surface area (Å²) in [6.07, 6.45) is 0.540. The Labute approximate surface area is 157 Å². The van der Waals surface area contributed by atoms with Crippen molar-refractivity contribution in [1.29, 1.82) is 0 Å². The van der Waals surface area contributed by atoms with E-state index in [1.54, 1.807) is 0 Å². The SMILES string of the molecule is COC(=O)[C@H](Cc1ccccc1)Nc1c2ccccc2nc2ccccc12. The number of carbonyl (C=O) groups is 1. The van der Waals surface area contributed by atoms with E-state index >= 15 is 0 Å². The lowest BCUT2D eigenvalue weighted by atomic mass is 10.0. The molecule has 1 aromatic heterocycles. The first-order chi connectivity index (χ1) is 13.3. The van der Waals surface area contributed by atoms with Crippen molar-refractivity contribution in [2.75, 3.05) is 12.4 Å². The van der Waals surface area contributed by atoms with Gasteiger partial charge in [-0.05, 0) is 17.7 Å². The zero-order chi connectivity index (χ0) is 18.6. The van der Waals surface area contributed by atoms with Crippen LogP contribution in [0.3, 0.4) is 0 Å². The topological polar surface area (TPSA) is 51.2 Å². The number of aromatic nitrogens is 1. The Hall–Kier alpha value is -3.40. The number of methoxy groups -OCH3 is 1. The number of hydrogen-bond donors (Lipinski definition) is 1. The molecule has 0 bridgehead atoms. The van der Waals surface area contributed by atoms with E-state index in [9.17, 15) is 4.79 Å². The highest BCUT2D eigenvalue weighted by Gasteiger charge is 2.22. The molecule has 0 amide bonds. The van der Waals surface area contributed by atoms with Gasteiger partial charge < -0.3 is 10.1 Å². The van der Waals surface area contributed by atoms with Gasteiger partial charge in [-0.2, -0.15) is 0 Å². The van der Waals surface area contributed by atoms with E-state index in [1.165, 1.54) is 7.11 Å². The van der Waals surface area contributed by atoms with Crippen LogP contribution in [0.5, 0.6) is 0 Å². The number of fused-ring (bicyclic) bond motifs is 2. The lowest BCUT2D eigenvalue weighted by molar-refractivity contribution is -0.141. The lowest BCUT2D eigenvalue weighted by Crippen LogP contribution is -2.33. The molecule has 0 aliphatic heterocycles. The number of pyridine rings is 1. The predicted octanol–water partition coefficient (Wildman–Crippen LogP) is 4.58. The summed E-state index contributed by atoms with van der Waals surface area (Å²) < 4.78 is 5.06. The first-order valence-electron chi connectivity index (χ1n) is 8.92. The monoisotopic (exact) mass is 356 g/mol. The molecule has 1 heterocycles. The first kappa shape index (κ1) is 17.0. The van der Waals surface area contributed by atoms with Gasteiger partial charge in [-0.25, -0.2) is 9.78 Å². The predicted molar refractivity (Wildman–Crippen MR) is 109 cm³/mol. The summed E-state index contributed by atoms with van der Waals surface area (Å²) in [4.78, 5) is 17.2. The Morgan fingerprint density at radius 3 is 2.04 bits per heavy atom. The third-order valence-electron chi connectivity index (χ3n) is 4.67. The number of ether oxygens (including phenoxy) is 1. The van der Waals surface area contributed by atoms with Crippen LogP contribution in [-0.4, -0.2) is 24.1 Å². The minimum absolute atomic E-state index is 0.288. The molecule has 0 radical (unpaired) electrons. The highest BCUT2D eigenvalue weighted by atomic mass is 16.5. The van der Waals surface area contributed by atoms with Gasteiger partial charge in [0.15, 0.2) is 0 Å². The maximum absolute atomic E-state index is 12.5. The summed E-state index contributed by atoms with van der Waals surface area (Å²) in [7, 11) is 1.42. The van der Waals surface area contributed by atoms with E-state index in [4.69, 9.17) is 9.72 Å². The van der Waals surface area contributed by atoms with Gasteiger partial charge in [0.25, 0.3) is 0 Å². The Morgan fingerprint density at radius 2 is 1.44 bits per heavy atom. The van der Waals surface area contributed by atoms with Crippen LogP contribution in [0.25, 0.3) is 21.8 Å². The van der Waals surface area contributed by atoms with Crippen molar-refractivity contribution in [2.45, 2.75) is 12.5 Å². The highest BCUT2D eigenvalue weighted by Crippen LogP contribution is 2.31. The molecule has 3 aromatic carbocycles. The number of nitrogens with zero attached hydrogens (tertiary/aromatic N) is 1. The number of hydrogen-bond acceptors (Lipinski definition) is 4. The standard InChI is InChI=1S/C23H20N2O2/c1-27-23(26)21(15-16-9-3-2-4-10-16)25-22-17-11-5-7-13-19(17)24-20-14-8-6-12-18(20)22/h2-14,21H,15H2,1H3,(H,24,25)/t21-/m0/s1. The number of benzene rings is 3. The smallest absolute Gasteiger partial charge is 0.328 e. The number of para-hydroxylation sites is 2. The van der Waals surface area contributed by atoms with Gasteiger partial charge >= 0.3 is 5.97 Å². The van der Waals surface area contributed by atoms with Crippen molar-refractivity contribution in [2.24, 2.45) is 0 Å². The van der Waals surface area contributed by atoms with E-state index in [0.29, 0.717) is 6.42 Å². The zero-order valence-corrected chi connectivity index (χ0v) is 15.1. The van der Waals surface area contributed by atoms with E-state index < -0.39 is 6.04 Å². The summed E-state index contributed by atoms with van der Waals surface area (Å²) in [6, 6.07) is 25.4. The normalized spacial score (nSPS) is 12.0. The second kappa shape index (κ2) is 7.46. The summed E-state index contributed by atoms with van der Waals surface area (Å²) in [5, 5.41) is 5.42. The fourth-order valence-electron chi connectivity index (χ4n) is 3.36. The van der Waals surface area contributed by atoms with Crippen LogP contribution in [0.2, 0.25) is 0 Å². The highest BCUT2D eigenvalue weighted by molar-refractivity contribution is 6.08. The van der Waals surface area contributed by atoms with Crippen LogP contribution < -0.4 is 5.32 Å². The van der Waals surface area contributed by atoms with E-state index in [-0.39, 0.29) is 5.97 Å². The second-order valence-corrected chi connectivity index (χ2v) is 6.43. The summed E-state index contributed by atoms with van der Waals surface area (Å²) in [5.74, 6) is -0.288. The Bertz CT molecular complexity index is 1040. The molecular formula is C23H20N2O2. The average molecular weight is 356 g/mol. The minimum atomic E-state index is -0.494. The van der Waals surface area contributed by atoms with Crippen molar-refractivity contribution < 1.29 is 9.53 Å². The van der Waals surface area contributed by atoms with Gasteiger partial charge in [0.2, 0.25) is 0 Å². The van der Waals surface area contributed by atoms with Crippen molar-refractivity contribution in [3.05, 3.63) is 84.4 Å². The molecule has 0 saturated carbocycles. The van der Waals surface area contributed by atoms with Crippen molar-refractivity contribution >= 4 is 33.5 Å². The van der Waals surface area contributed by atoms with Gasteiger partial charge in [0, 0.05) is 17.2 Å². The maximum Gasteiger partial charge on any atom is 0.328 e. The van der Waals surface area contributed by atoms with Crippen LogP contribution in [0.1, 0.15) is 5.56 Å². The van der Waals surface area contributed by atoms with E-state index in [0.717, 1.165) is 33.1 Å². The van der Waals surface area contributed by atoms with Crippen LogP contribution in [-0.2, 0) is 16.0 Å². The molecule has 134 valence electrons. The molecule has 0 spiro atoms. The van der Waals surface area contributed by atoms with Gasteiger partial charge in [-0.1, -0.05) is 66.7 Å². The average Bonchev–Trinajstić information content (AvgIpc) is 2.73. The molecular weight excluding hydrogens is 336 g/mol. The largest absolute Gasteiger partial charge is 0.467 e. The Kier molecular flexibility index (Phi) is 4.71. The molecule has 0 fully saturated rings. The number of rotatable bonds is 5. The summed E-state index contributed by atoms with van der Waals surface area (Å²) in [5.41, 5.74) is 3.76. The fourth-order valence-corrected chi connectivity index (χ4v) is 3.36. The molecule has 0 unspecified atom stereocenters. The second-order valence-electron chi connectivity index (χ2n) is 6.43.